The number of benzene rings is 1. The van der Waals surface area contributed by atoms with E-state index in [0.717, 1.165) is 42.8 Å². The van der Waals surface area contributed by atoms with Gasteiger partial charge in [-0.15, -0.1) is 0 Å². The molecule has 0 aliphatic heterocycles. The van der Waals surface area contributed by atoms with Crippen molar-refractivity contribution in [3.63, 3.8) is 0 Å². The molecule has 6 heteroatoms. The number of hydrogen-bond donors (Lipinski definition) is 1. The van der Waals surface area contributed by atoms with Crippen LogP contribution in [0.1, 0.15) is 43.5 Å². The quantitative estimate of drug-likeness (QED) is 0.935. The van der Waals surface area contributed by atoms with Crippen LogP contribution in [0.2, 0.25) is 0 Å². The van der Waals surface area contributed by atoms with Crippen LogP contribution in [-0.4, -0.2) is 24.2 Å². The lowest BCUT2D eigenvalue weighted by Crippen LogP contribution is -2.36. The number of aryl methyl sites for hydroxylation is 2. The molecule has 3 rings (SSSR count). The molecule has 5 nitrogen and oxygen atoms in total. The van der Waals surface area contributed by atoms with E-state index in [1.54, 1.807) is 24.3 Å². The van der Waals surface area contributed by atoms with Gasteiger partial charge < -0.3 is 0 Å². The minimum atomic E-state index is -3.44. The Bertz CT molecular complexity index is 773. The highest BCUT2D eigenvalue weighted by Crippen LogP contribution is 2.21. The van der Waals surface area contributed by atoms with Crippen molar-refractivity contribution in [2.24, 2.45) is 0 Å². The zero-order valence-electron chi connectivity index (χ0n) is 13.6. The Balaban J connectivity index is 1.79. The largest absolute Gasteiger partial charge is 0.240 e. The molecular formula is C17H23N3O2S. The zero-order chi connectivity index (χ0) is 16.4. The van der Waals surface area contributed by atoms with Crippen molar-refractivity contribution in [1.29, 1.82) is 0 Å². The Morgan fingerprint density at radius 3 is 2.30 bits per heavy atom. The Morgan fingerprint density at radius 1 is 1.09 bits per heavy atom. The Kier molecular flexibility index (Phi) is 4.55. The van der Waals surface area contributed by atoms with E-state index in [1.807, 2.05) is 24.6 Å². The minimum absolute atomic E-state index is 0.0736. The average Bonchev–Trinajstić information content (AvgIpc) is 2.87. The number of nitrogens with zero attached hydrogens (tertiary/aromatic N) is 2. The number of sulfonamides is 1. The van der Waals surface area contributed by atoms with E-state index in [4.69, 9.17) is 0 Å². The third-order valence-corrected chi connectivity index (χ3v) is 5.86. The second kappa shape index (κ2) is 6.45. The van der Waals surface area contributed by atoms with Crippen LogP contribution in [0.25, 0.3) is 5.69 Å². The first-order valence-electron chi connectivity index (χ1n) is 8.12. The summed E-state index contributed by atoms with van der Waals surface area (Å²) < 4.78 is 29.6. The number of rotatable bonds is 4. The van der Waals surface area contributed by atoms with Crippen LogP contribution in [0.4, 0.5) is 0 Å². The molecule has 1 aromatic carbocycles. The summed E-state index contributed by atoms with van der Waals surface area (Å²) in [5.41, 5.74) is 2.84. The van der Waals surface area contributed by atoms with Crippen LogP contribution in [0.3, 0.4) is 0 Å². The summed E-state index contributed by atoms with van der Waals surface area (Å²) in [6.07, 6.45) is 5.27. The summed E-state index contributed by atoms with van der Waals surface area (Å²) in [7, 11) is -3.44. The minimum Gasteiger partial charge on any atom is -0.238 e. The van der Waals surface area contributed by atoms with E-state index in [2.05, 4.69) is 9.82 Å². The van der Waals surface area contributed by atoms with Gasteiger partial charge in [0.25, 0.3) is 0 Å². The summed E-state index contributed by atoms with van der Waals surface area (Å²) in [4.78, 5) is 0.313. The lowest BCUT2D eigenvalue weighted by molar-refractivity contribution is 0.412. The van der Waals surface area contributed by atoms with Crippen molar-refractivity contribution in [2.45, 2.75) is 56.9 Å². The van der Waals surface area contributed by atoms with Gasteiger partial charge in [0.05, 0.1) is 16.3 Å². The van der Waals surface area contributed by atoms with Gasteiger partial charge in [0.15, 0.2) is 0 Å². The first kappa shape index (κ1) is 16.2. The monoisotopic (exact) mass is 333 g/mol. The van der Waals surface area contributed by atoms with Crippen molar-refractivity contribution >= 4 is 10.0 Å². The van der Waals surface area contributed by atoms with Crippen LogP contribution in [-0.2, 0) is 10.0 Å². The fourth-order valence-electron chi connectivity index (χ4n) is 3.16. The third-order valence-electron chi connectivity index (χ3n) is 4.33. The lowest BCUT2D eigenvalue weighted by Gasteiger charge is -2.22. The van der Waals surface area contributed by atoms with Gasteiger partial charge >= 0.3 is 0 Å². The summed E-state index contributed by atoms with van der Waals surface area (Å²) in [5, 5.41) is 4.42. The maximum absolute atomic E-state index is 12.5. The first-order valence-corrected chi connectivity index (χ1v) is 9.60. The molecule has 0 bridgehead atoms. The molecule has 0 unspecified atom stereocenters. The second-order valence-electron chi connectivity index (χ2n) is 6.29. The van der Waals surface area contributed by atoms with Crippen molar-refractivity contribution < 1.29 is 8.42 Å². The molecule has 0 saturated heterocycles. The lowest BCUT2D eigenvalue weighted by atomic mass is 9.96. The summed E-state index contributed by atoms with van der Waals surface area (Å²) in [6.45, 7) is 3.92. The van der Waals surface area contributed by atoms with Crippen molar-refractivity contribution in [2.75, 3.05) is 0 Å². The number of hydrogen-bond acceptors (Lipinski definition) is 3. The zero-order valence-corrected chi connectivity index (χ0v) is 14.4. The normalized spacial score (nSPS) is 16.6. The van der Waals surface area contributed by atoms with Crippen molar-refractivity contribution in [3.05, 3.63) is 41.7 Å². The third kappa shape index (κ3) is 3.64. The van der Waals surface area contributed by atoms with Gasteiger partial charge in [-0.05, 0) is 57.0 Å². The van der Waals surface area contributed by atoms with Gasteiger partial charge in [-0.2, -0.15) is 5.10 Å². The predicted molar refractivity (Wildman–Crippen MR) is 90.2 cm³/mol. The molecule has 2 aromatic rings. The van der Waals surface area contributed by atoms with E-state index < -0.39 is 10.0 Å². The van der Waals surface area contributed by atoms with E-state index in [1.165, 1.54) is 6.42 Å². The van der Waals surface area contributed by atoms with E-state index in [-0.39, 0.29) is 6.04 Å². The summed E-state index contributed by atoms with van der Waals surface area (Å²) in [5.74, 6) is 0. The Labute approximate surface area is 137 Å². The van der Waals surface area contributed by atoms with Gasteiger partial charge in [0, 0.05) is 11.7 Å². The molecule has 0 atom stereocenters. The molecule has 1 heterocycles. The molecule has 1 fully saturated rings. The molecule has 23 heavy (non-hydrogen) atoms. The van der Waals surface area contributed by atoms with E-state index in [0.29, 0.717) is 4.90 Å². The maximum atomic E-state index is 12.5. The summed E-state index contributed by atoms with van der Waals surface area (Å²) >= 11 is 0. The van der Waals surface area contributed by atoms with Gasteiger partial charge in [0.1, 0.15) is 0 Å². The molecule has 124 valence electrons. The van der Waals surface area contributed by atoms with Crippen molar-refractivity contribution in [3.8, 4) is 5.69 Å². The Hall–Kier alpha value is -1.66. The fourth-order valence-corrected chi connectivity index (χ4v) is 4.47. The molecule has 0 radical (unpaired) electrons. The van der Waals surface area contributed by atoms with Crippen LogP contribution in [0.5, 0.6) is 0 Å². The Morgan fingerprint density at radius 2 is 1.74 bits per heavy atom. The van der Waals surface area contributed by atoms with E-state index in [9.17, 15) is 8.42 Å². The van der Waals surface area contributed by atoms with Crippen LogP contribution in [0.15, 0.2) is 35.2 Å². The number of nitrogens with one attached hydrogen (secondary N) is 1. The van der Waals surface area contributed by atoms with Gasteiger partial charge in [0.2, 0.25) is 10.0 Å². The summed E-state index contributed by atoms with van der Waals surface area (Å²) in [6, 6.07) is 8.97. The highest BCUT2D eigenvalue weighted by atomic mass is 32.2. The predicted octanol–water partition coefficient (Wildman–Crippen LogP) is 3.10. The smallest absolute Gasteiger partial charge is 0.238 e. The average molecular weight is 333 g/mol. The first-order chi connectivity index (χ1) is 11.0. The van der Waals surface area contributed by atoms with Crippen LogP contribution >= 0.6 is 0 Å². The highest BCUT2D eigenvalue weighted by Gasteiger charge is 2.21. The molecular weight excluding hydrogens is 310 g/mol. The molecule has 0 spiro atoms. The molecule has 1 N–H and O–H groups in total. The van der Waals surface area contributed by atoms with Crippen molar-refractivity contribution in [1.82, 2.24) is 14.5 Å². The molecule has 1 aliphatic carbocycles. The van der Waals surface area contributed by atoms with Crippen LogP contribution in [0, 0.1) is 13.8 Å². The standard InChI is InChI=1S/C17H23N3O2S/c1-13-12-14(2)20(18-13)16-8-10-17(11-9-16)23(21,22)19-15-6-4-3-5-7-15/h8-12,15,19H,3-7H2,1-2H3. The van der Waals surface area contributed by atoms with Gasteiger partial charge in [-0.3, -0.25) is 0 Å². The number of aromatic nitrogens is 2. The van der Waals surface area contributed by atoms with E-state index >= 15 is 0 Å². The highest BCUT2D eigenvalue weighted by molar-refractivity contribution is 7.89. The van der Waals surface area contributed by atoms with Gasteiger partial charge in [-0.1, -0.05) is 19.3 Å². The van der Waals surface area contributed by atoms with Gasteiger partial charge in [-0.25, -0.2) is 17.8 Å². The molecule has 0 amide bonds. The van der Waals surface area contributed by atoms with Crippen LogP contribution < -0.4 is 4.72 Å². The second-order valence-corrected chi connectivity index (χ2v) is 8.00. The fraction of sp³-hybridized carbons (Fsp3) is 0.471. The maximum Gasteiger partial charge on any atom is 0.240 e. The molecule has 1 aliphatic rings. The topological polar surface area (TPSA) is 64.0 Å². The SMILES string of the molecule is Cc1cc(C)n(-c2ccc(S(=O)(=O)NC3CCCCC3)cc2)n1. The molecule has 1 aromatic heterocycles. The molecule has 1 saturated carbocycles.